The van der Waals surface area contributed by atoms with Crippen LogP contribution in [0.5, 0.6) is 0 Å². The molecule has 2 aliphatic rings. The summed E-state index contributed by atoms with van der Waals surface area (Å²) in [4.78, 5) is 38.3. The Bertz CT molecular complexity index is 641. The number of nitrogens with zero attached hydrogens (tertiary/aromatic N) is 4. The highest BCUT2D eigenvalue weighted by molar-refractivity contribution is 5.93. The van der Waals surface area contributed by atoms with Gasteiger partial charge in [0.05, 0.1) is 6.33 Å². The highest BCUT2D eigenvalue weighted by atomic mass is 16.2. The summed E-state index contributed by atoms with van der Waals surface area (Å²) in [5, 5.41) is 0. The molecule has 2 saturated heterocycles. The highest BCUT2D eigenvalue weighted by Crippen LogP contribution is 2.39. The maximum Gasteiger partial charge on any atom is 0.274 e. The summed E-state index contributed by atoms with van der Waals surface area (Å²) in [7, 11) is 4.05. The van der Waals surface area contributed by atoms with Gasteiger partial charge in [-0.15, -0.1) is 0 Å². The van der Waals surface area contributed by atoms with Gasteiger partial charge in [0.15, 0.2) is 0 Å². The number of hydrogen-bond acceptors (Lipinski definition) is 4. The molecule has 1 N–H and O–H groups in total. The van der Waals surface area contributed by atoms with Crippen LogP contribution in [0.25, 0.3) is 0 Å². The fourth-order valence-corrected chi connectivity index (χ4v) is 4.07. The van der Waals surface area contributed by atoms with Crippen LogP contribution < -0.4 is 0 Å². The van der Waals surface area contributed by atoms with Gasteiger partial charge in [-0.2, -0.15) is 0 Å². The lowest BCUT2D eigenvalue weighted by Crippen LogP contribution is -2.55. The van der Waals surface area contributed by atoms with Gasteiger partial charge < -0.3 is 19.7 Å². The van der Waals surface area contributed by atoms with Gasteiger partial charge >= 0.3 is 0 Å². The van der Waals surface area contributed by atoms with Crippen LogP contribution in [-0.2, 0) is 4.79 Å². The number of imidazole rings is 1. The van der Waals surface area contributed by atoms with E-state index in [9.17, 15) is 9.59 Å². The first kappa shape index (κ1) is 17.9. The van der Waals surface area contributed by atoms with Crippen LogP contribution in [-0.4, -0.2) is 83.3 Å². The lowest BCUT2D eigenvalue weighted by molar-refractivity contribution is -0.139. The number of aromatic amines is 1. The van der Waals surface area contributed by atoms with E-state index in [-0.39, 0.29) is 17.2 Å². The fraction of sp³-hybridized carbons (Fsp3) is 0.722. The zero-order valence-electron chi connectivity index (χ0n) is 15.5. The van der Waals surface area contributed by atoms with Crippen molar-refractivity contribution in [1.82, 2.24) is 24.7 Å². The normalized spacial score (nSPS) is 24.4. The minimum Gasteiger partial charge on any atom is -0.348 e. The molecule has 2 aliphatic heterocycles. The Hall–Kier alpha value is -1.89. The summed E-state index contributed by atoms with van der Waals surface area (Å²) in [6.45, 7) is 5.78. The Morgan fingerprint density at radius 3 is 2.84 bits per heavy atom. The standard InChI is InChI=1S/C18H29N5O2/c1-14-16(20-13-19-14)17(25)23-8-4-6-18(12-23)7-5-15(24)22(11-18)10-9-21(2)3/h13H,4-12H2,1-3H3,(H,19,20)/t18-/m0/s1. The first-order valence-electron chi connectivity index (χ1n) is 9.12. The number of carbonyl (C=O) groups is 2. The quantitative estimate of drug-likeness (QED) is 0.886. The van der Waals surface area contributed by atoms with Crippen LogP contribution in [0.3, 0.4) is 0 Å². The molecular formula is C18H29N5O2. The van der Waals surface area contributed by atoms with E-state index in [1.165, 1.54) is 0 Å². The Labute approximate surface area is 149 Å². The van der Waals surface area contributed by atoms with Crippen molar-refractivity contribution in [2.45, 2.75) is 32.6 Å². The topological polar surface area (TPSA) is 72.5 Å². The fourth-order valence-electron chi connectivity index (χ4n) is 4.07. The first-order chi connectivity index (χ1) is 11.9. The van der Waals surface area contributed by atoms with Crippen molar-refractivity contribution >= 4 is 11.8 Å². The number of nitrogens with one attached hydrogen (secondary N) is 1. The van der Waals surface area contributed by atoms with Crippen LogP contribution >= 0.6 is 0 Å². The number of H-pyrrole nitrogens is 1. The molecule has 1 aromatic rings. The van der Waals surface area contributed by atoms with E-state index in [0.29, 0.717) is 12.1 Å². The van der Waals surface area contributed by atoms with Crippen molar-refractivity contribution in [3.8, 4) is 0 Å². The molecule has 2 amide bonds. The lowest BCUT2D eigenvalue weighted by Gasteiger charge is -2.48. The SMILES string of the molecule is Cc1[nH]cnc1C(=O)N1CCC[C@@]2(CCC(=O)N(CCN(C)C)C2)C1. The number of amides is 2. The van der Waals surface area contributed by atoms with Crippen molar-refractivity contribution in [3.05, 3.63) is 17.7 Å². The maximum absolute atomic E-state index is 12.8. The molecule has 7 heteroatoms. The Kier molecular flexibility index (Phi) is 5.13. The molecule has 7 nitrogen and oxygen atoms in total. The average Bonchev–Trinajstić information content (AvgIpc) is 3.01. The number of hydrogen-bond donors (Lipinski definition) is 1. The third-order valence-electron chi connectivity index (χ3n) is 5.55. The smallest absolute Gasteiger partial charge is 0.274 e. The maximum atomic E-state index is 12.8. The minimum absolute atomic E-state index is 0.00886. The van der Waals surface area contributed by atoms with Gasteiger partial charge in [-0.1, -0.05) is 0 Å². The van der Waals surface area contributed by atoms with Crippen molar-refractivity contribution in [1.29, 1.82) is 0 Å². The second kappa shape index (κ2) is 7.15. The number of rotatable bonds is 4. The molecule has 0 aromatic carbocycles. The van der Waals surface area contributed by atoms with E-state index < -0.39 is 0 Å². The predicted molar refractivity (Wildman–Crippen MR) is 95.3 cm³/mol. The van der Waals surface area contributed by atoms with E-state index in [1.54, 1.807) is 6.33 Å². The summed E-state index contributed by atoms with van der Waals surface area (Å²) < 4.78 is 0. The van der Waals surface area contributed by atoms with Gasteiger partial charge in [-0.05, 0) is 40.3 Å². The predicted octanol–water partition coefficient (Wildman–Crippen LogP) is 1.12. The van der Waals surface area contributed by atoms with E-state index in [1.807, 2.05) is 30.8 Å². The molecule has 0 aliphatic carbocycles. The molecule has 2 fully saturated rings. The summed E-state index contributed by atoms with van der Waals surface area (Å²) in [6, 6.07) is 0. The van der Waals surface area contributed by atoms with Crippen LogP contribution in [0.15, 0.2) is 6.33 Å². The zero-order valence-corrected chi connectivity index (χ0v) is 15.5. The molecule has 0 radical (unpaired) electrons. The van der Waals surface area contributed by atoms with Gasteiger partial charge in [0.1, 0.15) is 5.69 Å². The van der Waals surface area contributed by atoms with Crippen LogP contribution in [0, 0.1) is 12.3 Å². The summed E-state index contributed by atoms with van der Waals surface area (Å²) in [5.74, 6) is 0.258. The van der Waals surface area contributed by atoms with E-state index >= 15 is 0 Å². The summed E-state index contributed by atoms with van der Waals surface area (Å²) in [6.07, 6.45) is 5.13. The molecule has 0 unspecified atom stereocenters. The van der Waals surface area contributed by atoms with Crippen LogP contribution in [0.1, 0.15) is 41.9 Å². The van der Waals surface area contributed by atoms with Gasteiger partial charge in [0, 0.05) is 50.3 Å². The molecule has 0 bridgehead atoms. The first-order valence-corrected chi connectivity index (χ1v) is 9.12. The average molecular weight is 347 g/mol. The van der Waals surface area contributed by atoms with E-state index in [2.05, 4.69) is 14.9 Å². The third-order valence-corrected chi connectivity index (χ3v) is 5.55. The summed E-state index contributed by atoms with van der Waals surface area (Å²) >= 11 is 0. The number of aryl methyl sites for hydroxylation is 1. The minimum atomic E-state index is 0.00886. The lowest BCUT2D eigenvalue weighted by atomic mass is 9.73. The van der Waals surface area contributed by atoms with Gasteiger partial charge in [0.25, 0.3) is 5.91 Å². The Morgan fingerprint density at radius 2 is 2.16 bits per heavy atom. The van der Waals surface area contributed by atoms with Gasteiger partial charge in [-0.25, -0.2) is 4.98 Å². The largest absolute Gasteiger partial charge is 0.348 e. The van der Waals surface area contributed by atoms with Crippen molar-refractivity contribution in [2.24, 2.45) is 5.41 Å². The Balaban J connectivity index is 1.70. The van der Waals surface area contributed by atoms with Crippen molar-refractivity contribution in [2.75, 3.05) is 46.8 Å². The highest BCUT2D eigenvalue weighted by Gasteiger charge is 2.43. The van der Waals surface area contributed by atoms with Crippen molar-refractivity contribution < 1.29 is 9.59 Å². The second-order valence-electron chi connectivity index (χ2n) is 7.82. The number of likely N-dealkylation sites (N-methyl/N-ethyl adjacent to an activating group) is 1. The molecular weight excluding hydrogens is 318 g/mol. The van der Waals surface area contributed by atoms with Gasteiger partial charge in [-0.3, -0.25) is 9.59 Å². The molecule has 1 atom stereocenters. The van der Waals surface area contributed by atoms with Crippen molar-refractivity contribution in [3.63, 3.8) is 0 Å². The number of piperidine rings is 2. The number of carbonyl (C=O) groups excluding carboxylic acids is 2. The molecule has 0 saturated carbocycles. The molecule has 1 aromatic heterocycles. The molecule has 1 spiro atoms. The Morgan fingerprint density at radius 1 is 1.36 bits per heavy atom. The molecule has 138 valence electrons. The molecule has 3 heterocycles. The monoisotopic (exact) mass is 347 g/mol. The third kappa shape index (κ3) is 3.86. The number of aromatic nitrogens is 2. The number of likely N-dealkylation sites (tertiary alicyclic amines) is 2. The van der Waals surface area contributed by atoms with E-state index in [0.717, 1.165) is 57.7 Å². The zero-order chi connectivity index (χ0) is 18.0. The summed E-state index contributed by atoms with van der Waals surface area (Å²) in [5.41, 5.74) is 1.38. The molecule has 25 heavy (non-hydrogen) atoms. The van der Waals surface area contributed by atoms with Gasteiger partial charge in [0.2, 0.25) is 5.91 Å². The van der Waals surface area contributed by atoms with Crippen LogP contribution in [0.2, 0.25) is 0 Å². The second-order valence-corrected chi connectivity index (χ2v) is 7.82. The van der Waals surface area contributed by atoms with E-state index in [4.69, 9.17) is 0 Å². The molecule has 3 rings (SSSR count). The van der Waals surface area contributed by atoms with Crippen LogP contribution in [0.4, 0.5) is 0 Å².